The highest BCUT2D eigenvalue weighted by Gasteiger charge is 2.37. The van der Waals surface area contributed by atoms with Crippen molar-refractivity contribution in [1.82, 2.24) is 25.4 Å². The van der Waals surface area contributed by atoms with Gasteiger partial charge in [0.25, 0.3) is 5.91 Å². The number of rotatable bonds is 18. The molecule has 1 aliphatic heterocycles. The van der Waals surface area contributed by atoms with Crippen LogP contribution in [0.1, 0.15) is 107 Å². The Bertz CT molecular complexity index is 1520. The number of carboxylic acids is 1. The predicted molar refractivity (Wildman–Crippen MR) is 197 cm³/mol. The number of amides is 3. The van der Waals surface area contributed by atoms with Gasteiger partial charge in [-0.3, -0.25) is 28.9 Å². The van der Waals surface area contributed by atoms with Gasteiger partial charge in [-0.1, -0.05) is 59.6 Å². The quantitative estimate of drug-likeness (QED) is 0.174. The minimum atomic E-state index is -1.00. The molecule has 52 heavy (non-hydrogen) atoms. The number of aromatic nitrogens is 1. The van der Waals surface area contributed by atoms with Gasteiger partial charge in [-0.15, -0.1) is 11.3 Å². The molecule has 0 saturated carbocycles. The van der Waals surface area contributed by atoms with E-state index in [0.29, 0.717) is 11.4 Å². The number of likely N-dealkylation sites (tertiary alicyclic amines) is 1. The minimum absolute atomic E-state index is 0.0713. The molecule has 1 aromatic heterocycles. The Morgan fingerprint density at radius 2 is 1.75 bits per heavy atom. The third kappa shape index (κ3) is 12.1. The second-order valence-corrected chi connectivity index (χ2v) is 15.4. The second-order valence-electron chi connectivity index (χ2n) is 14.5. The van der Waals surface area contributed by atoms with Gasteiger partial charge in [-0.2, -0.15) is 0 Å². The summed E-state index contributed by atoms with van der Waals surface area (Å²) in [6.45, 7) is 11.5. The van der Waals surface area contributed by atoms with Crippen molar-refractivity contribution in [3.63, 3.8) is 0 Å². The van der Waals surface area contributed by atoms with Gasteiger partial charge in [0.2, 0.25) is 11.8 Å². The Morgan fingerprint density at radius 3 is 2.33 bits per heavy atom. The van der Waals surface area contributed by atoms with Crippen molar-refractivity contribution < 1.29 is 38.2 Å². The zero-order valence-electron chi connectivity index (χ0n) is 31.7. The Balaban J connectivity index is 1.81. The lowest BCUT2D eigenvalue weighted by Crippen LogP contribution is -2.58. The Labute approximate surface area is 310 Å². The highest BCUT2D eigenvalue weighted by molar-refractivity contribution is 7.09. The normalized spacial score (nSPS) is 18.4. The summed E-state index contributed by atoms with van der Waals surface area (Å²) in [5, 5.41) is 17.4. The zero-order valence-corrected chi connectivity index (χ0v) is 32.5. The van der Waals surface area contributed by atoms with Crippen LogP contribution in [0.4, 0.5) is 4.39 Å². The maximum atomic E-state index is 14.2. The molecule has 3 rings (SSSR count). The second kappa shape index (κ2) is 19.8. The van der Waals surface area contributed by atoms with Gasteiger partial charge in [-0.25, -0.2) is 9.37 Å². The lowest BCUT2D eigenvalue weighted by Gasteiger charge is -2.38. The van der Waals surface area contributed by atoms with E-state index in [4.69, 9.17) is 4.74 Å². The van der Waals surface area contributed by atoms with Gasteiger partial charge in [0.1, 0.15) is 22.6 Å². The maximum absolute atomic E-state index is 14.2. The van der Waals surface area contributed by atoms with Crippen LogP contribution in [-0.4, -0.2) is 94.4 Å². The lowest BCUT2D eigenvalue weighted by molar-refractivity contribution is -0.149. The standard InChI is InChI=1S/C38H56FN5O7S/c1-9-23(4)33(42-35(47)30-12-10-11-17-43(30)7)37(48)44(8)31(22(2)3)20-32(51-25(6)45)36-41-29(21-52-36)34(46)40-28(18-24(5)38(49)50)19-26-13-15-27(39)16-14-26/h13-16,21-24,28,30-33H,9-12,17-20H2,1-8H3,(H,40,46)(H,42,47)(H,49,50)/t23-,24-,28?,30+,31+,32+,33?/m0/s1. The largest absolute Gasteiger partial charge is 0.481 e. The van der Waals surface area contributed by atoms with E-state index in [-0.39, 0.29) is 54.6 Å². The fraction of sp³-hybridized carbons (Fsp3) is 0.632. The molecule has 2 unspecified atom stereocenters. The Hall–Kier alpha value is -3.91. The van der Waals surface area contributed by atoms with E-state index in [1.54, 1.807) is 36.4 Å². The van der Waals surface area contributed by atoms with Crippen LogP contribution in [0, 0.1) is 23.6 Å². The van der Waals surface area contributed by atoms with Gasteiger partial charge in [0.05, 0.1) is 12.0 Å². The first-order valence-corrected chi connectivity index (χ1v) is 19.1. The van der Waals surface area contributed by atoms with Gasteiger partial charge < -0.3 is 25.4 Å². The average Bonchev–Trinajstić information content (AvgIpc) is 3.59. The first-order valence-electron chi connectivity index (χ1n) is 18.2. The van der Waals surface area contributed by atoms with E-state index >= 15 is 0 Å². The monoisotopic (exact) mass is 745 g/mol. The van der Waals surface area contributed by atoms with Gasteiger partial charge in [-0.05, 0) is 68.8 Å². The zero-order chi connectivity index (χ0) is 38.7. The molecule has 288 valence electrons. The van der Waals surface area contributed by atoms with E-state index in [1.807, 2.05) is 39.6 Å². The average molecular weight is 746 g/mol. The van der Waals surface area contributed by atoms with Gasteiger partial charge in [0.15, 0.2) is 6.10 Å². The van der Waals surface area contributed by atoms with E-state index in [0.717, 1.165) is 42.7 Å². The summed E-state index contributed by atoms with van der Waals surface area (Å²) in [5.41, 5.74) is 0.801. The number of nitrogens with zero attached hydrogens (tertiary/aromatic N) is 3. The third-order valence-corrected chi connectivity index (χ3v) is 11.0. The van der Waals surface area contributed by atoms with Gasteiger partial charge in [0, 0.05) is 37.9 Å². The number of halogens is 1. The van der Waals surface area contributed by atoms with Crippen LogP contribution in [-0.2, 0) is 30.3 Å². The first kappa shape index (κ1) is 42.5. The molecule has 12 nitrogen and oxygen atoms in total. The number of aliphatic carboxylic acids is 1. The van der Waals surface area contributed by atoms with Crippen molar-refractivity contribution in [3.05, 3.63) is 51.7 Å². The number of nitrogens with one attached hydrogen (secondary N) is 2. The van der Waals surface area contributed by atoms with E-state index in [9.17, 15) is 33.5 Å². The highest BCUT2D eigenvalue weighted by Crippen LogP contribution is 2.31. The molecule has 0 bridgehead atoms. The number of piperidine rings is 1. The molecule has 0 aliphatic carbocycles. The van der Waals surface area contributed by atoms with E-state index in [1.165, 1.54) is 19.1 Å². The fourth-order valence-corrected chi connectivity index (χ4v) is 7.48. The predicted octanol–water partition coefficient (Wildman–Crippen LogP) is 5.23. The number of esters is 1. The lowest BCUT2D eigenvalue weighted by atomic mass is 9.92. The molecule has 7 atom stereocenters. The number of thiazole rings is 1. The topological polar surface area (TPSA) is 158 Å². The summed E-state index contributed by atoms with van der Waals surface area (Å²) in [5.74, 6) is -3.83. The molecular formula is C38H56FN5O7S. The summed E-state index contributed by atoms with van der Waals surface area (Å²) in [6.07, 6.45) is 3.15. The molecule has 2 aromatic rings. The van der Waals surface area contributed by atoms with E-state index in [2.05, 4.69) is 15.6 Å². The van der Waals surface area contributed by atoms with Crippen LogP contribution < -0.4 is 10.6 Å². The summed E-state index contributed by atoms with van der Waals surface area (Å²) in [4.78, 5) is 73.2. The molecule has 1 aliphatic rings. The first-order chi connectivity index (χ1) is 24.5. The van der Waals surface area contributed by atoms with Crippen molar-refractivity contribution in [2.75, 3.05) is 20.6 Å². The number of carbonyl (C=O) groups excluding carboxylic acids is 4. The number of ether oxygens (including phenoxy) is 1. The summed E-state index contributed by atoms with van der Waals surface area (Å²) < 4.78 is 19.2. The summed E-state index contributed by atoms with van der Waals surface area (Å²) in [7, 11) is 3.63. The van der Waals surface area contributed by atoms with Crippen molar-refractivity contribution >= 4 is 41.0 Å². The molecule has 1 fully saturated rings. The number of carbonyl (C=O) groups is 5. The number of likely N-dealkylation sites (N-methyl/N-ethyl adjacent to an activating group) is 2. The molecule has 2 heterocycles. The minimum Gasteiger partial charge on any atom is -0.481 e. The number of carboxylic acid groups (broad SMARTS) is 1. The Morgan fingerprint density at radius 1 is 1.08 bits per heavy atom. The molecule has 0 radical (unpaired) electrons. The molecule has 1 saturated heterocycles. The van der Waals surface area contributed by atoms with Crippen LogP contribution in [0.25, 0.3) is 0 Å². The number of hydrogen-bond donors (Lipinski definition) is 3. The van der Waals surface area contributed by atoms with Crippen LogP contribution in [0.15, 0.2) is 29.6 Å². The van der Waals surface area contributed by atoms with Crippen LogP contribution in [0.3, 0.4) is 0 Å². The van der Waals surface area contributed by atoms with Gasteiger partial charge >= 0.3 is 11.9 Å². The molecular weight excluding hydrogens is 690 g/mol. The molecule has 3 N–H and O–H groups in total. The van der Waals surface area contributed by atoms with Crippen LogP contribution >= 0.6 is 11.3 Å². The SMILES string of the molecule is CC[C@H](C)C(NC(=O)[C@H]1CCCCN1C)C(=O)N(C)[C@H](C[C@@H](OC(C)=O)c1nc(C(=O)NC(Cc2ccc(F)cc2)C[C@H](C)C(=O)O)cs1)C(C)C. The molecule has 3 amide bonds. The highest BCUT2D eigenvalue weighted by atomic mass is 32.1. The summed E-state index contributed by atoms with van der Waals surface area (Å²) >= 11 is 1.14. The van der Waals surface area contributed by atoms with Crippen molar-refractivity contribution in [3.8, 4) is 0 Å². The van der Waals surface area contributed by atoms with Crippen molar-refractivity contribution in [1.29, 1.82) is 0 Å². The Kier molecular flexibility index (Phi) is 16.2. The fourth-order valence-electron chi connectivity index (χ4n) is 6.64. The summed E-state index contributed by atoms with van der Waals surface area (Å²) in [6, 6.07) is 3.76. The van der Waals surface area contributed by atoms with Crippen molar-refractivity contribution in [2.24, 2.45) is 17.8 Å². The molecule has 14 heteroatoms. The maximum Gasteiger partial charge on any atom is 0.306 e. The van der Waals surface area contributed by atoms with Crippen LogP contribution in [0.5, 0.6) is 0 Å². The van der Waals surface area contributed by atoms with E-state index < -0.39 is 53.8 Å². The third-order valence-electron chi connectivity index (χ3n) is 10.0. The van der Waals surface area contributed by atoms with Crippen molar-refractivity contribution in [2.45, 2.75) is 117 Å². The van der Waals surface area contributed by atoms with Crippen LogP contribution in [0.2, 0.25) is 0 Å². The molecule has 0 spiro atoms. The molecule has 1 aromatic carbocycles. The number of benzene rings is 1. The smallest absolute Gasteiger partial charge is 0.306 e. The number of hydrogen-bond acceptors (Lipinski definition) is 9.